The summed E-state index contributed by atoms with van der Waals surface area (Å²) in [5, 5.41) is 21.2. The van der Waals surface area contributed by atoms with Gasteiger partial charge >= 0.3 is 0 Å². The summed E-state index contributed by atoms with van der Waals surface area (Å²) in [7, 11) is 0. The molecule has 0 atom stereocenters. The Balaban J connectivity index is 0.000000198. The van der Waals surface area contributed by atoms with E-state index in [1.54, 1.807) is 38.1 Å². The fraction of sp³-hybridized carbons (Fsp3) is 0.179. The minimum Gasteiger partial charge on any atom is -0.399 e. The molecule has 7 nitrogen and oxygen atoms in total. The average Bonchev–Trinajstić information content (AvgIpc) is 3.06. The van der Waals surface area contributed by atoms with Gasteiger partial charge in [0.2, 0.25) is 0 Å². The summed E-state index contributed by atoms with van der Waals surface area (Å²) < 4.78 is 0.731. The maximum Gasteiger partial charge on any atom is 0.273 e. The number of nitro benzene ring substituents is 2. The number of allylic oxidation sites excluding steroid dienone is 1. The highest BCUT2D eigenvalue weighted by Crippen LogP contribution is 2.22. The Hall–Kier alpha value is -5.08. The van der Waals surface area contributed by atoms with E-state index in [0.717, 1.165) is 40.5 Å². The van der Waals surface area contributed by atoms with Gasteiger partial charge < -0.3 is 5.73 Å². The summed E-state index contributed by atoms with van der Waals surface area (Å²) in [6.07, 6.45) is 8.16. The lowest BCUT2D eigenvalue weighted by molar-refractivity contribution is -0.385. The molecule has 0 aliphatic rings. The van der Waals surface area contributed by atoms with E-state index in [9.17, 15) is 20.2 Å². The molecule has 0 saturated heterocycles. The molecular weight excluding hydrogens is 654 g/mol. The molecule has 0 aliphatic carbocycles. The van der Waals surface area contributed by atoms with Crippen molar-refractivity contribution in [3.05, 3.63) is 185 Å². The average molecular weight is 695 g/mol. The molecule has 0 aliphatic heterocycles. The number of hydrogen-bond donors (Lipinski definition) is 1. The summed E-state index contributed by atoms with van der Waals surface area (Å²) >= 11 is 3.16. The zero-order chi connectivity index (χ0) is 34.2. The van der Waals surface area contributed by atoms with Crippen molar-refractivity contribution in [2.45, 2.75) is 46.5 Å². The van der Waals surface area contributed by atoms with Crippen molar-refractivity contribution in [3.63, 3.8) is 0 Å². The summed E-state index contributed by atoms with van der Waals surface area (Å²) in [6.45, 7) is 5.50. The van der Waals surface area contributed by atoms with E-state index in [4.69, 9.17) is 5.73 Å². The van der Waals surface area contributed by atoms with E-state index < -0.39 is 0 Å². The number of halogens is 1. The van der Waals surface area contributed by atoms with Crippen LogP contribution in [0, 0.1) is 41.0 Å². The molecule has 2 N–H and O–H groups in total. The van der Waals surface area contributed by atoms with Gasteiger partial charge in [0, 0.05) is 33.4 Å². The predicted octanol–water partition coefficient (Wildman–Crippen LogP) is 10.6. The van der Waals surface area contributed by atoms with Crippen molar-refractivity contribution in [1.82, 2.24) is 0 Å². The van der Waals surface area contributed by atoms with Crippen molar-refractivity contribution in [2.24, 2.45) is 0 Å². The summed E-state index contributed by atoms with van der Waals surface area (Å²) in [5.74, 6) is 0. The van der Waals surface area contributed by atoms with Gasteiger partial charge in [0.25, 0.3) is 11.4 Å². The standard InChI is InChI=1S/C16H15NO2.C16H19N.C7H6BrNO2/c1-13-10-11-15(12-16(13)17(18)19)9-5-8-14-6-3-2-4-7-14;1-13-10-11-15(12-16(13)17)9-5-8-14-6-3-2-4-7-14;1-5-2-3-6(8)4-7(5)9(10)11/h2-7,9-12H,8H2,1H3;2-4,6-7,10-12H,5,8-9,17H2,1H3;2-4H,1H3. The van der Waals surface area contributed by atoms with Gasteiger partial charge in [-0.3, -0.25) is 20.2 Å². The summed E-state index contributed by atoms with van der Waals surface area (Å²) in [5.41, 5.74) is 14.5. The van der Waals surface area contributed by atoms with Crippen LogP contribution in [0.4, 0.5) is 17.1 Å². The fourth-order valence-electron chi connectivity index (χ4n) is 4.64. The molecule has 5 rings (SSSR count). The number of aryl methyl sites for hydroxylation is 5. The fourth-order valence-corrected chi connectivity index (χ4v) is 4.99. The van der Waals surface area contributed by atoms with E-state index in [1.807, 2.05) is 43.3 Å². The van der Waals surface area contributed by atoms with Crippen LogP contribution < -0.4 is 5.73 Å². The molecule has 47 heavy (non-hydrogen) atoms. The maximum absolute atomic E-state index is 10.9. The van der Waals surface area contributed by atoms with Gasteiger partial charge in [-0.25, -0.2) is 0 Å². The first-order valence-electron chi connectivity index (χ1n) is 15.3. The van der Waals surface area contributed by atoms with Crippen LogP contribution in [-0.4, -0.2) is 9.85 Å². The minimum atomic E-state index is -0.389. The molecule has 5 aromatic rings. The van der Waals surface area contributed by atoms with Crippen LogP contribution in [0.3, 0.4) is 0 Å². The van der Waals surface area contributed by atoms with Crippen LogP contribution in [0.2, 0.25) is 0 Å². The van der Waals surface area contributed by atoms with E-state index in [1.165, 1.54) is 29.2 Å². The highest BCUT2D eigenvalue weighted by atomic mass is 79.9. The second-order valence-electron chi connectivity index (χ2n) is 11.1. The molecule has 0 saturated carbocycles. The molecule has 0 radical (unpaired) electrons. The van der Waals surface area contributed by atoms with Crippen LogP contribution in [0.1, 0.15) is 45.4 Å². The Morgan fingerprint density at radius 1 is 0.638 bits per heavy atom. The van der Waals surface area contributed by atoms with Crippen LogP contribution in [0.5, 0.6) is 0 Å². The van der Waals surface area contributed by atoms with Gasteiger partial charge in [0.05, 0.1) is 9.85 Å². The van der Waals surface area contributed by atoms with Crippen LogP contribution in [0.25, 0.3) is 6.08 Å². The maximum atomic E-state index is 10.9. The van der Waals surface area contributed by atoms with Crippen molar-refractivity contribution in [2.75, 3.05) is 5.73 Å². The first kappa shape index (κ1) is 36.4. The second kappa shape index (κ2) is 18.8. The highest BCUT2D eigenvalue weighted by Gasteiger charge is 2.10. The Morgan fingerprint density at radius 2 is 1.17 bits per heavy atom. The number of rotatable bonds is 9. The molecule has 0 aromatic heterocycles. The Bertz CT molecular complexity index is 1790. The topological polar surface area (TPSA) is 112 Å². The van der Waals surface area contributed by atoms with Crippen LogP contribution in [-0.2, 0) is 19.3 Å². The highest BCUT2D eigenvalue weighted by molar-refractivity contribution is 9.10. The van der Waals surface area contributed by atoms with E-state index in [2.05, 4.69) is 76.6 Å². The lowest BCUT2D eigenvalue weighted by Crippen LogP contribution is -1.94. The first-order chi connectivity index (χ1) is 22.5. The molecule has 0 amide bonds. The molecule has 0 spiro atoms. The lowest BCUT2D eigenvalue weighted by atomic mass is 10.0. The van der Waals surface area contributed by atoms with Gasteiger partial charge in [-0.2, -0.15) is 0 Å². The number of nitro groups is 2. The lowest BCUT2D eigenvalue weighted by Gasteiger charge is -2.05. The molecule has 0 fully saturated rings. The smallest absolute Gasteiger partial charge is 0.273 e. The van der Waals surface area contributed by atoms with Crippen molar-refractivity contribution in [3.8, 4) is 0 Å². The zero-order valence-electron chi connectivity index (χ0n) is 26.9. The SMILES string of the molecule is Cc1ccc(Br)cc1[N+](=O)[O-].Cc1ccc(C=CCc2ccccc2)cc1[N+](=O)[O-].Cc1ccc(CCCc2ccccc2)cc1N. The minimum absolute atomic E-state index is 0.152. The van der Waals surface area contributed by atoms with Crippen molar-refractivity contribution < 1.29 is 9.85 Å². The van der Waals surface area contributed by atoms with Gasteiger partial charge in [0.15, 0.2) is 0 Å². The van der Waals surface area contributed by atoms with Gasteiger partial charge in [0.1, 0.15) is 0 Å². The monoisotopic (exact) mass is 693 g/mol. The zero-order valence-corrected chi connectivity index (χ0v) is 28.5. The Labute approximate surface area is 285 Å². The molecule has 8 heteroatoms. The van der Waals surface area contributed by atoms with Gasteiger partial charge in [-0.05, 0) is 86.4 Å². The third-order valence-electron chi connectivity index (χ3n) is 7.42. The quantitative estimate of drug-likeness (QED) is 0.0937. The molecule has 0 unspecified atom stereocenters. The molecule has 5 aromatic carbocycles. The summed E-state index contributed by atoms with van der Waals surface area (Å²) in [4.78, 5) is 20.5. The largest absolute Gasteiger partial charge is 0.399 e. The normalized spacial score (nSPS) is 10.4. The molecular formula is C39H40BrN3O4. The van der Waals surface area contributed by atoms with Crippen LogP contribution in [0.15, 0.2) is 126 Å². The number of nitrogens with zero attached hydrogens (tertiary/aromatic N) is 2. The third kappa shape index (κ3) is 12.7. The van der Waals surface area contributed by atoms with Crippen LogP contribution >= 0.6 is 15.9 Å². The number of nitrogens with two attached hydrogens (primary N) is 1. The number of hydrogen-bond acceptors (Lipinski definition) is 5. The predicted molar refractivity (Wildman–Crippen MR) is 197 cm³/mol. The number of anilines is 1. The number of nitrogen functional groups attached to an aromatic ring is 1. The third-order valence-corrected chi connectivity index (χ3v) is 7.92. The Kier molecular flexibility index (Phi) is 14.5. The van der Waals surface area contributed by atoms with Crippen molar-refractivity contribution in [1.29, 1.82) is 0 Å². The van der Waals surface area contributed by atoms with Gasteiger partial charge in [-0.1, -0.05) is 119 Å². The van der Waals surface area contributed by atoms with E-state index in [-0.39, 0.29) is 21.2 Å². The first-order valence-corrected chi connectivity index (χ1v) is 16.1. The Morgan fingerprint density at radius 3 is 1.74 bits per heavy atom. The summed E-state index contributed by atoms with van der Waals surface area (Å²) in [6, 6.07) is 37.4. The van der Waals surface area contributed by atoms with Crippen molar-refractivity contribution >= 4 is 39.1 Å². The van der Waals surface area contributed by atoms with E-state index >= 15 is 0 Å². The molecule has 0 heterocycles. The van der Waals surface area contributed by atoms with E-state index in [0.29, 0.717) is 11.1 Å². The second-order valence-corrected chi connectivity index (χ2v) is 12.0. The number of benzene rings is 5. The van der Waals surface area contributed by atoms with Gasteiger partial charge in [-0.15, -0.1) is 0 Å². The molecule has 0 bridgehead atoms. The molecule has 242 valence electrons.